The topological polar surface area (TPSA) is 92.4 Å². The summed E-state index contributed by atoms with van der Waals surface area (Å²) in [5, 5.41) is 10.7. The van der Waals surface area contributed by atoms with Crippen molar-refractivity contribution in [3.05, 3.63) is 12.2 Å². The first kappa shape index (κ1) is 25.5. The number of esters is 1. The first-order valence-electron chi connectivity index (χ1n) is 8.85. The van der Waals surface area contributed by atoms with Crippen LogP contribution in [0.5, 0.6) is 0 Å². The van der Waals surface area contributed by atoms with Crippen LogP contribution in [0.15, 0.2) is 12.2 Å². The van der Waals surface area contributed by atoms with Gasteiger partial charge in [-0.1, -0.05) is 64.0 Å². The molecule has 6 heteroatoms. The van der Waals surface area contributed by atoms with Gasteiger partial charge in [-0.05, 0) is 12.8 Å². The van der Waals surface area contributed by atoms with Crippen molar-refractivity contribution in [2.45, 2.75) is 71.1 Å². The zero-order chi connectivity index (χ0) is 17.3. The summed E-state index contributed by atoms with van der Waals surface area (Å²) < 4.78 is 4.89. The number of hydrogen-bond acceptors (Lipinski definition) is 5. The number of ether oxygens (including phenoxy) is 1. The van der Waals surface area contributed by atoms with Crippen molar-refractivity contribution in [3.63, 3.8) is 0 Å². The van der Waals surface area contributed by atoms with E-state index < -0.39 is 17.9 Å². The van der Waals surface area contributed by atoms with Gasteiger partial charge in [-0.25, -0.2) is 0 Å². The van der Waals surface area contributed by atoms with Crippen molar-refractivity contribution in [3.8, 4) is 0 Å². The molecule has 5 nitrogen and oxygen atoms in total. The fourth-order valence-corrected chi connectivity index (χ4v) is 2.33. The number of rotatable bonds is 15. The largest absolute Gasteiger partial charge is 1.00 e. The van der Waals surface area contributed by atoms with Crippen LogP contribution < -0.4 is 29.7 Å². The van der Waals surface area contributed by atoms with Crippen molar-refractivity contribution in [2.24, 2.45) is 11.7 Å². The Bertz CT molecular complexity index is 348. The summed E-state index contributed by atoms with van der Waals surface area (Å²) in [5.41, 5.74) is 5.26. The SMILES string of the molecule is CCCCCCCCCCC=CC(CC(=O)[O-])C(=O)OCCN.[Li+]. The number of carboxylic acid groups (broad SMARTS) is 1. The molecular formula is C18H32LiNO4. The summed E-state index contributed by atoms with van der Waals surface area (Å²) in [7, 11) is 0. The molecule has 0 spiro atoms. The molecule has 0 aliphatic rings. The molecule has 1 atom stereocenters. The third kappa shape index (κ3) is 16.1. The predicted molar refractivity (Wildman–Crippen MR) is 89.5 cm³/mol. The summed E-state index contributed by atoms with van der Waals surface area (Å²) in [6.45, 7) is 2.55. The third-order valence-corrected chi connectivity index (χ3v) is 3.64. The summed E-state index contributed by atoms with van der Waals surface area (Å²) >= 11 is 0. The van der Waals surface area contributed by atoms with E-state index in [4.69, 9.17) is 10.5 Å². The van der Waals surface area contributed by atoms with Gasteiger partial charge in [0.1, 0.15) is 6.61 Å². The number of nitrogens with two attached hydrogens (primary N) is 1. The van der Waals surface area contributed by atoms with E-state index in [0.717, 1.165) is 12.8 Å². The Balaban J connectivity index is 0. The molecule has 0 radical (unpaired) electrons. The second kappa shape index (κ2) is 18.6. The van der Waals surface area contributed by atoms with Crippen LogP contribution in [0.2, 0.25) is 0 Å². The molecular weight excluding hydrogens is 301 g/mol. The molecule has 0 bridgehead atoms. The summed E-state index contributed by atoms with van der Waals surface area (Å²) in [6, 6.07) is 0. The van der Waals surface area contributed by atoms with E-state index in [9.17, 15) is 14.7 Å². The number of unbranched alkanes of at least 4 members (excludes halogenated alkanes) is 8. The molecule has 0 aromatic carbocycles. The van der Waals surface area contributed by atoms with Gasteiger partial charge < -0.3 is 20.4 Å². The normalized spacial score (nSPS) is 11.9. The maximum absolute atomic E-state index is 11.7. The predicted octanol–water partition coefficient (Wildman–Crippen LogP) is -0.664. The van der Waals surface area contributed by atoms with E-state index in [2.05, 4.69) is 6.92 Å². The summed E-state index contributed by atoms with van der Waals surface area (Å²) in [6.07, 6.45) is 14.0. The number of hydrogen-bond donors (Lipinski definition) is 1. The Labute approximate surface area is 158 Å². The van der Waals surface area contributed by atoms with Gasteiger partial charge in [0.15, 0.2) is 0 Å². The van der Waals surface area contributed by atoms with E-state index in [0.29, 0.717) is 0 Å². The fraction of sp³-hybridized carbons (Fsp3) is 0.778. The van der Waals surface area contributed by atoms with Crippen LogP contribution in [0.1, 0.15) is 71.1 Å². The standard InChI is InChI=1S/C18H33NO4.Li/c1-2-3-4-5-6-7-8-9-10-11-12-16(15-17(20)21)18(22)23-14-13-19;/h11-12,16H,2-10,13-15,19H2,1H3,(H,20,21);/q;+1/p-1. The average molecular weight is 333 g/mol. The molecule has 0 heterocycles. The van der Waals surface area contributed by atoms with Crippen LogP contribution in [0.3, 0.4) is 0 Å². The monoisotopic (exact) mass is 333 g/mol. The first-order chi connectivity index (χ1) is 11.1. The number of allylic oxidation sites excluding steroid dienone is 1. The van der Waals surface area contributed by atoms with Gasteiger partial charge in [0, 0.05) is 18.9 Å². The van der Waals surface area contributed by atoms with Crippen molar-refractivity contribution in [1.29, 1.82) is 0 Å². The maximum Gasteiger partial charge on any atom is 1.00 e. The van der Waals surface area contributed by atoms with E-state index in [1.54, 1.807) is 6.08 Å². The zero-order valence-electron chi connectivity index (χ0n) is 15.4. The smallest absolute Gasteiger partial charge is 0.550 e. The van der Waals surface area contributed by atoms with Gasteiger partial charge in [-0.3, -0.25) is 4.79 Å². The molecule has 0 amide bonds. The van der Waals surface area contributed by atoms with Gasteiger partial charge in [-0.2, -0.15) is 0 Å². The van der Waals surface area contributed by atoms with Crippen molar-refractivity contribution in [1.82, 2.24) is 0 Å². The van der Waals surface area contributed by atoms with Crippen molar-refractivity contribution < 1.29 is 38.3 Å². The minimum atomic E-state index is -1.25. The Kier molecular flexibility index (Phi) is 19.7. The number of aliphatic carboxylic acids is 1. The Morgan fingerprint density at radius 2 is 1.67 bits per heavy atom. The Morgan fingerprint density at radius 1 is 1.08 bits per heavy atom. The molecule has 0 aromatic heterocycles. The fourth-order valence-electron chi connectivity index (χ4n) is 2.33. The number of carboxylic acids is 1. The molecule has 24 heavy (non-hydrogen) atoms. The molecule has 134 valence electrons. The minimum Gasteiger partial charge on any atom is -0.550 e. The Hall–Kier alpha value is -0.763. The molecule has 0 fully saturated rings. The van der Waals surface area contributed by atoms with Gasteiger partial charge >= 0.3 is 24.8 Å². The number of carbonyl (C=O) groups excluding carboxylic acids is 2. The van der Waals surface area contributed by atoms with Crippen molar-refractivity contribution >= 4 is 11.9 Å². The van der Waals surface area contributed by atoms with Crippen LogP contribution in [0, 0.1) is 5.92 Å². The molecule has 2 N–H and O–H groups in total. The van der Waals surface area contributed by atoms with Crippen molar-refractivity contribution in [2.75, 3.05) is 13.2 Å². The van der Waals surface area contributed by atoms with Crippen LogP contribution in [-0.4, -0.2) is 25.1 Å². The second-order valence-electron chi connectivity index (χ2n) is 5.83. The van der Waals surface area contributed by atoms with E-state index in [1.807, 2.05) is 6.08 Å². The zero-order valence-corrected chi connectivity index (χ0v) is 15.4. The summed E-state index contributed by atoms with van der Waals surface area (Å²) in [5.74, 6) is -2.58. The maximum atomic E-state index is 11.7. The van der Waals surface area contributed by atoms with Crippen LogP contribution in [-0.2, 0) is 14.3 Å². The quantitative estimate of drug-likeness (QED) is 0.186. The molecule has 0 saturated heterocycles. The molecule has 0 rings (SSSR count). The number of carbonyl (C=O) groups is 2. The first-order valence-corrected chi connectivity index (χ1v) is 8.85. The minimum absolute atomic E-state index is 0. The van der Waals surface area contributed by atoms with Crippen LogP contribution in [0.25, 0.3) is 0 Å². The van der Waals surface area contributed by atoms with Gasteiger partial charge in [-0.15, -0.1) is 0 Å². The summed E-state index contributed by atoms with van der Waals surface area (Å²) in [4.78, 5) is 22.4. The van der Waals surface area contributed by atoms with E-state index >= 15 is 0 Å². The molecule has 0 aromatic rings. The van der Waals surface area contributed by atoms with Gasteiger partial charge in [0.25, 0.3) is 0 Å². The molecule has 0 aliphatic heterocycles. The molecule has 1 unspecified atom stereocenters. The van der Waals surface area contributed by atoms with Gasteiger partial charge in [0.05, 0.1) is 5.92 Å². The van der Waals surface area contributed by atoms with E-state index in [1.165, 1.54) is 44.9 Å². The molecule has 0 saturated carbocycles. The second-order valence-corrected chi connectivity index (χ2v) is 5.83. The van der Waals surface area contributed by atoms with E-state index in [-0.39, 0.29) is 38.4 Å². The van der Waals surface area contributed by atoms with Crippen LogP contribution >= 0.6 is 0 Å². The van der Waals surface area contributed by atoms with Crippen LogP contribution in [0.4, 0.5) is 0 Å². The molecule has 0 aliphatic carbocycles. The Morgan fingerprint density at radius 3 is 2.21 bits per heavy atom. The third-order valence-electron chi connectivity index (χ3n) is 3.64. The average Bonchev–Trinajstić information content (AvgIpc) is 2.52. The van der Waals surface area contributed by atoms with Gasteiger partial charge in [0.2, 0.25) is 0 Å².